The van der Waals surface area contributed by atoms with Gasteiger partial charge in [0, 0.05) is 16.0 Å². The van der Waals surface area contributed by atoms with E-state index in [2.05, 4.69) is 15.9 Å². The Kier molecular flexibility index (Phi) is 3.79. The maximum atomic E-state index is 5.77. The molecule has 0 amide bonds. The molecule has 0 fully saturated rings. The van der Waals surface area contributed by atoms with E-state index in [0.29, 0.717) is 6.54 Å². The second-order valence-electron chi connectivity index (χ2n) is 2.30. The maximum absolute atomic E-state index is 5.77. The van der Waals surface area contributed by atoms with Crippen molar-refractivity contribution in [1.82, 2.24) is 0 Å². The van der Waals surface area contributed by atoms with Crippen LogP contribution in [0.4, 0.5) is 0 Å². The molecule has 12 heavy (non-hydrogen) atoms. The van der Waals surface area contributed by atoms with Gasteiger partial charge in [-0.3, -0.25) is 0 Å². The molecule has 0 saturated heterocycles. The molecule has 64 valence electrons. The van der Waals surface area contributed by atoms with Gasteiger partial charge in [0.25, 0.3) is 0 Å². The van der Waals surface area contributed by atoms with E-state index < -0.39 is 0 Å². The van der Waals surface area contributed by atoms with Crippen molar-refractivity contribution in [2.24, 2.45) is 5.73 Å². The Morgan fingerprint density at radius 3 is 2.83 bits per heavy atom. The van der Waals surface area contributed by atoms with E-state index in [4.69, 9.17) is 17.3 Å². The zero-order valence-corrected chi connectivity index (χ0v) is 8.77. The summed E-state index contributed by atoms with van der Waals surface area (Å²) in [4.78, 5) is 0. The Bertz CT molecular complexity index is 297. The summed E-state index contributed by atoms with van der Waals surface area (Å²) in [6.45, 7) is 0.551. The third-order valence-electron chi connectivity index (χ3n) is 1.40. The lowest BCUT2D eigenvalue weighted by Gasteiger charge is -1.97. The summed E-state index contributed by atoms with van der Waals surface area (Å²) in [5.41, 5.74) is 6.42. The molecule has 3 heteroatoms. The first-order chi connectivity index (χ1) is 5.74. The zero-order chi connectivity index (χ0) is 8.97. The van der Waals surface area contributed by atoms with Gasteiger partial charge in [-0.15, -0.1) is 0 Å². The van der Waals surface area contributed by atoms with Gasteiger partial charge < -0.3 is 5.73 Å². The minimum atomic E-state index is 0.551. The maximum Gasteiger partial charge on any atom is 0.0417 e. The van der Waals surface area contributed by atoms with Gasteiger partial charge in [0.2, 0.25) is 0 Å². The van der Waals surface area contributed by atoms with E-state index in [0.717, 1.165) is 15.1 Å². The topological polar surface area (TPSA) is 26.0 Å². The molecule has 0 heterocycles. The predicted molar refractivity (Wildman–Crippen MR) is 57.2 cm³/mol. The molecule has 1 aromatic rings. The molecule has 0 bridgehead atoms. The van der Waals surface area contributed by atoms with E-state index in [9.17, 15) is 0 Å². The lowest BCUT2D eigenvalue weighted by atomic mass is 10.2. The van der Waals surface area contributed by atoms with Crippen LogP contribution in [0.25, 0.3) is 6.08 Å². The Labute approximate surface area is 85.3 Å². The van der Waals surface area contributed by atoms with Crippen molar-refractivity contribution < 1.29 is 0 Å². The van der Waals surface area contributed by atoms with E-state index in [-0.39, 0.29) is 0 Å². The van der Waals surface area contributed by atoms with Gasteiger partial charge in [-0.25, -0.2) is 0 Å². The molecule has 0 aliphatic rings. The van der Waals surface area contributed by atoms with Gasteiger partial charge in [-0.2, -0.15) is 0 Å². The fraction of sp³-hybridized carbons (Fsp3) is 0.111. The van der Waals surface area contributed by atoms with Crippen LogP contribution in [0.2, 0.25) is 5.02 Å². The molecular weight excluding hydrogens is 237 g/mol. The summed E-state index contributed by atoms with van der Waals surface area (Å²) < 4.78 is 0.986. The molecule has 0 aliphatic heterocycles. The molecule has 2 N–H and O–H groups in total. The van der Waals surface area contributed by atoms with Gasteiger partial charge in [-0.05, 0) is 17.7 Å². The van der Waals surface area contributed by atoms with Crippen LogP contribution in [0.1, 0.15) is 5.56 Å². The average Bonchev–Trinajstić information content (AvgIpc) is 2.03. The Morgan fingerprint density at radius 2 is 2.25 bits per heavy atom. The molecule has 0 aromatic heterocycles. The molecule has 0 atom stereocenters. The van der Waals surface area contributed by atoms with Crippen molar-refractivity contribution in [3.05, 3.63) is 39.3 Å². The highest BCUT2D eigenvalue weighted by Crippen LogP contribution is 2.22. The van der Waals surface area contributed by atoms with Crippen molar-refractivity contribution >= 4 is 33.6 Å². The van der Waals surface area contributed by atoms with Crippen LogP contribution in [-0.2, 0) is 0 Å². The standard InChI is InChI=1S/C9H9BrClN/c10-9-6-8(11)4-3-7(9)2-1-5-12/h1-4,6H,5,12H2/b2-1+. The molecule has 0 aliphatic carbocycles. The largest absolute Gasteiger partial charge is 0.327 e. The lowest BCUT2D eigenvalue weighted by Crippen LogP contribution is -1.91. The summed E-state index contributed by atoms with van der Waals surface area (Å²) in [5.74, 6) is 0. The SMILES string of the molecule is NC/C=C/c1ccc(Cl)cc1Br. The third kappa shape index (κ3) is 2.63. The number of benzene rings is 1. The van der Waals surface area contributed by atoms with Crippen molar-refractivity contribution in [2.45, 2.75) is 0 Å². The zero-order valence-electron chi connectivity index (χ0n) is 6.43. The second kappa shape index (κ2) is 4.65. The monoisotopic (exact) mass is 245 g/mol. The first kappa shape index (κ1) is 9.78. The Hall–Kier alpha value is -0.310. The first-order valence-electron chi connectivity index (χ1n) is 3.55. The van der Waals surface area contributed by atoms with Gasteiger partial charge in [0.15, 0.2) is 0 Å². The summed E-state index contributed by atoms with van der Waals surface area (Å²) in [7, 11) is 0. The minimum Gasteiger partial charge on any atom is -0.327 e. The average molecular weight is 247 g/mol. The number of hydrogen-bond acceptors (Lipinski definition) is 1. The van der Waals surface area contributed by atoms with Gasteiger partial charge in [0.1, 0.15) is 0 Å². The van der Waals surface area contributed by atoms with Crippen LogP contribution in [-0.4, -0.2) is 6.54 Å². The molecule has 1 aromatic carbocycles. The molecular formula is C9H9BrClN. The normalized spacial score (nSPS) is 10.9. The summed E-state index contributed by atoms with van der Waals surface area (Å²) in [6.07, 6.45) is 3.86. The highest BCUT2D eigenvalue weighted by atomic mass is 79.9. The second-order valence-corrected chi connectivity index (χ2v) is 3.59. The quantitative estimate of drug-likeness (QED) is 0.853. The number of rotatable bonds is 2. The smallest absolute Gasteiger partial charge is 0.0417 e. The molecule has 0 unspecified atom stereocenters. The predicted octanol–water partition coefficient (Wildman–Crippen LogP) is 3.07. The van der Waals surface area contributed by atoms with E-state index in [1.54, 1.807) is 0 Å². The Morgan fingerprint density at radius 1 is 1.50 bits per heavy atom. The van der Waals surface area contributed by atoms with Crippen LogP contribution in [0.15, 0.2) is 28.7 Å². The molecule has 0 spiro atoms. The highest BCUT2D eigenvalue weighted by molar-refractivity contribution is 9.10. The number of halogens is 2. The van der Waals surface area contributed by atoms with Gasteiger partial charge in [0.05, 0.1) is 0 Å². The van der Waals surface area contributed by atoms with Crippen LogP contribution < -0.4 is 5.73 Å². The van der Waals surface area contributed by atoms with Crippen molar-refractivity contribution in [3.8, 4) is 0 Å². The third-order valence-corrected chi connectivity index (χ3v) is 2.32. The van der Waals surface area contributed by atoms with Crippen LogP contribution in [0.3, 0.4) is 0 Å². The number of nitrogens with two attached hydrogens (primary N) is 1. The fourth-order valence-electron chi connectivity index (χ4n) is 0.832. The molecule has 1 rings (SSSR count). The molecule has 1 nitrogen and oxygen atoms in total. The lowest BCUT2D eigenvalue weighted by molar-refractivity contribution is 1.26. The molecule has 0 radical (unpaired) electrons. The van der Waals surface area contributed by atoms with Crippen molar-refractivity contribution in [3.63, 3.8) is 0 Å². The summed E-state index contributed by atoms with van der Waals surface area (Å²) in [5, 5.41) is 0.728. The van der Waals surface area contributed by atoms with E-state index >= 15 is 0 Å². The van der Waals surface area contributed by atoms with Crippen LogP contribution in [0.5, 0.6) is 0 Å². The number of hydrogen-bond donors (Lipinski definition) is 1. The first-order valence-corrected chi connectivity index (χ1v) is 4.73. The van der Waals surface area contributed by atoms with Crippen LogP contribution in [0, 0.1) is 0 Å². The fourth-order valence-corrected chi connectivity index (χ4v) is 1.65. The summed E-state index contributed by atoms with van der Waals surface area (Å²) in [6, 6.07) is 5.65. The van der Waals surface area contributed by atoms with Crippen LogP contribution >= 0.6 is 27.5 Å². The summed E-state index contributed by atoms with van der Waals surface area (Å²) >= 11 is 9.17. The van der Waals surface area contributed by atoms with E-state index in [1.165, 1.54) is 0 Å². The highest BCUT2D eigenvalue weighted by Gasteiger charge is 1.95. The minimum absolute atomic E-state index is 0.551. The van der Waals surface area contributed by atoms with Crippen molar-refractivity contribution in [1.29, 1.82) is 0 Å². The van der Waals surface area contributed by atoms with Gasteiger partial charge >= 0.3 is 0 Å². The van der Waals surface area contributed by atoms with Crippen molar-refractivity contribution in [2.75, 3.05) is 6.54 Å². The van der Waals surface area contributed by atoms with E-state index in [1.807, 2.05) is 30.4 Å². The molecule has 0 saturated carbocycles. The van der Waals surface area contributed by atoms with Gasteiger partial charge in [-0.1, -0.05) is 45.7 Å². The Balaban J connectivity index is 2.94.